The molecular formula is C18H13LiO. The zero-order valence-electron chi connectivity index (χ0n) is 11.5. The SMILES string of the molecule is [Li+].[O-]C1=C(C2=Cc3ccccc3C2)Cc2ccccc21. The molecule has 0 aliphatic heterocycles. The predicted octanol–water partition coefficient (Wildman–Crippen LogP) is -0.0422. The van der Waals surface area contributed by atoms with E-state index >= 15 is 0 Å². The van der Waals surface area contributed by atoms with Crippen LogP contribution in [0, 0.1) is 0 Å². The molecule has 0 amide bonds. The Bertz CT molecular complexity index is 741. The van der Waals surface area contributed by atoms with Gasteiger partial charge in [0.25, 0.3) is 0 Å². The van der Waals surface area contributed by atoms with Crippen LogP contribution in [-0.2, 0) is 12.8 Å². The molecule has 1 nitrogen and oxygen atoms in total. The maximum absolute atomic E-state index is 12.5. The van der Waals surface area contributed by atoms with Crippen molar-refractivity contribution in [1.29, 1.82) is 0 Å². The topological polar surface area (TPSA) is 23.1 Å². The average molecular weight is 252 g/mol. The Morgan fingerprint density at radius 2 is 1.50 bits per heavy atom. The normalized spacial score (nSPS) is 15.5. The molecule has 2 aromatic carbocycles. The average Bonchev–Trinajstić information content (AvgIpc) is 3.00. The summed E-state index contributed by atoms with van der Waals surface area (Å²) in [5.41, 5.74) is 6.82. The molecule has 92 valence electrons. The summed E-state index contributed by atoms with van der Waals surface area (Å²) in [6.45, 7) is 0. The zero-order chi connectivity index (χ0) is 12.8. The van der Waals surface area contributed by atoms with E-state index in [4.69, 9.17) is 0 Å². The van der Waals surface area contributed by atoms with Gasteiger partial charge in [0.2, 0.25) is 0 Å². The fourth-order valence-corrected chi connectivity index (χ4v) is 3.06. The molecule has 4 rings (SSSR count). The molecule has 0 atom stereocenters. The van der Waals surface area contributed by atoms with Gasteiger partial charge in [-0.1, -0.05) is 60.4 Å². The van der Waals surface area contributed by atoms with E-state index in [1.165, 1.54) is 22.3 Å². The Balaban J connectivity index is 0.00000121. The second-order valence-corrected chi connectivity index (χ2v) is 5.19. The van der Waals surface area contributed by atoms with Gasteiger partial charge in [-0.3, -0.25) is 0 Å². The van der Waals surface area contributed by atoms with Crippen LogP contribution < -0.4 is 24.0 Å². The van der Waals surface area contributed by atoms with Crippen molar-refractivity contribution < 1.29 is 24.0 Å². The summed E-state index contributed by atoms with van der Waals surface area (Å²) < 4.78 is 0. The van der Waals surface area contributed by atoms with Crippen LogP contribution in [0.15, 0.2) is 59.7 Å². The minimum absolute atomic E-state index is 0. The van der Waals surface area contributed by atoms with Crippen molar-refractivity contribution in [3.63, 3.8) is 0 Å². The molecule has 0 N–H and O–H groups in total. The van der Waals surface area contributed by atoms with Crippen molar-refractivity contribution in [3.05, 3.63) is 81.9 Å². The molecule has 0 fully saturated rings. The Labute approximate surface area is 130 Å². The van der Waals surface area contributed by atoms with Gasteiger partial charge in [-0.15, -0.1) is 0 Å². The van der Waals surface area contributed by atoms with E-state index in [1.54, 1.807) is 0 Å². The number of hydrogen-bond acceptors (Lipinski definition) is 1. The van der Waals surface area contributed by atoms with E-state index in [9.17, 15) is 5.11 Å². The van der Waals surface area contributed by atoms with Gasteiger partial charge in [0.15, 0.2) is 0 Å². The van der Waals surface area contributed by atoms with Crippen LogP contribution in [-0.4, -0.2) is 0 Å². The maximum atomic E-state index is 12.5. The van der Waals surface area contributed by atoms with Crippen LogP contribution in [0.2, 0.25) is 0 Å². The molecule has 0 bridgehead atoms. The third-order valence-electron chi connectivity index (χ3n) is 4.06. The summed E-state index contributed by atoms with van der Waals surface area (Å²) in [6.07, 6.45) is 3.86. The van der Waals surface area contributed by atoms with Crippen LogP contribution >= 0.6 is 0 Å². The van der Waals surface area contributed by atoms with Crippen LogP contribution in [0.25, 0.3) is 11.8 Å². The smallest absolute Gasteiger partial charge is 0.872 e. The Kier molecular flexibility index (Phi) is 3.34. The first-order chi connectivity index (χ1) is 9.33. The zero-order valence-corrected chi connectivity index (χ0v) is 11.5. The third kappa shape index (κ3) is 1.95. The van der Waals surface area contributed by atoms with Gasteiger partial charge < -0.3 is 5.11 Å². The van der Waals surface area contributed by atoms with Gasteiger partial charge in [-0.05, 0) is 46.2 Å². The third-order valence-corrected chi connectivity index (χ3v) is 4.06. The first-order valence-electron chi connectivity index (χ1n) is 6.60. The van der Waals surface area contributed by atoms with Crippen molar-refractivity contribution >= 4 is 11.8 Å². The minimum Gasteiger partial charge on any atom is -0.872 e. The second-order valence-electron chi connectivity index (χ2n) is 5.19. The number of hydrogen-bond donors (Lipinski definition) is 0. The van der Waals surface area contributed by atoms with Gasteiger partial charge in [0.1, 0.15) is 0 Å². The van der Waals surface area contributed by atoms with Gasteiger partial charge >= 0.3 is 18.9 Å². The van der Waals surface area contributed by atoms with Crippen molar-refractivity contribution in [2.24, 2.45) is 0 Å². The summed E-state index contributed by atoms with van der Waals surface area (Å²) in [5, 5.41) is 12.5. The van der Waals surface area contributed by atoms with E-state index in [2.05, 4.69) is 30.3 Å². The number of rotatable bonds is 1. The second kappa shape index (κ2) is 5.02. The molecule has 2 heteroatoms. The molecule has 0 saturated carbocycles. The van der Waals surface area contributed by atoms with Gasteiger partial charge in [0, 0.05) is 0 Å². The summed E-state index contributed by atoms with van der Waals surface area (Å²) >= 11 is 0. The van der Waals surface area contributed by atoms with Crippen molar-refractivity contribution in [2.75, 3.05) is 0 Å². The van der Waals surface area contributed by atoms with Crippen LogP contribution in [0.1, 0.15) is 22.3 Å². The molecule has 2 aliphatic carbocycles. The number of allylic oxidation sites excluding steroid dienone is 2. The molecule has 0 heterocycles. The molecule has 0 saturated heterocycles. The summed E-state index contributed by atoms with van der Waals surface area (Å²) in [4.78, 5) is 0. The van der Waals surface area contributed by atoms with E-state index < -0.39 is 0 Å². The molecule has 20 heavy (non-hydrogen) atoms. The van der Waals surface area contributed by atoms with Crippen molar-refractivity contribution in [2.45, 2.75) is 12.8 Å². The standard InChI is InChI=1S/C18H14O.Li/c19-18-16-8-4-3-7-14(16)11-17(18)15-9-12-5-1-2-6-13(12)10-15;/h1-9,19H,10-11H2;/q;+1/p-1. The minimum atomic E-state index is 0. The number of benzene rings is 2. The van der Waals surface area contributed by atoms with Crippen molar-refractivity contribution in [3.8, 4) is 0 Å². The maximum Gasteiger partial charge on any atom is 1.00 e. The van der Waals surface area contributed by atoms with Gasteiger partial charge in [-0.25, -0.2) is 0 Å². The Morgan fingerprint density at radius 3 is 2.25 bits per heavy atom. The fraction of sp³-hybridized carbons (Fsp3) is 0.111. The summed E-state index contributed by atoms with van der Waals surface area (Å²) in [5.74, 6) is 0.217. The van der Waals surface area contributed by atoms with Gasteiger partial charge in [0.05, 0.1) is 0 Å². The van der Waals surface area contributed by atoms with Crippen LogP contribution in [0.5, 0.6) is 0 Å². The quantitative estimate of drug-likeness (QED) is 0.653. The first kappa shape index (κ1) is 13.3. The van der Waals surface area contributed by atoms with Crippen molar-refractivity contribution in [1.82, 2.24) is 0 Å². The molecular weight excluding hydrogens is 239 g/mol. The monoisotopic (exact) mass is 252 g/mol. The molecule has 0 spiro atoms. The molecule has 0 aromatic heterocycles. The summed E-state index contributed by atoms with van der Waals surface area (Å²) in [6, 6.07) is 16.3. The Hall–Kier alpha value is -1.68. The summed E-state index contributed by atoms with van der Waals surface area (Å²) in [7, 11) is 0. The largest absolute Gasteiger partial charge is 1.00 e. The molecule has 2 aliphatic rings. The first-order valence-corrected chi connectivity index (χ1v) is 6.60. The van der Waals surface area contributed by atoms with E-state index in [-0.39, 0.29) is 24.6 Å². The van der Waals surface area contributed by atoms with Crippen LogP contribution in [0.4, 0.5) is 0 Å². The number of fused-ring (bicyclic) bond motifs is 2. The van der Waals surface area contributed by atoms with Crippen LogP contribution in [0.3, 0.4) is 0 Å². The fourth-order valence-electron chi connectivity index (χ4n) is 3.06. The predicted molar refractivity (Wildman–Crippen MR) is 75.2 cm³/mol. The molecule has 2 aromatic rings. The Morgan fingerprint density at radius 1 is 0.800 bits per heavy atom. The van der Waals surface area contributed by atoms with E-state index in [0.29, 0.717) is 0 Å². The molecule has 0 radical (unpaired) electrons. The van der Waals surface area contributed by atoms with E-state index in [0.717, 1.165) is 24.0 Å². The van der Waals surface area contributed by atoms with Gasteiger partial charge in [-0.2, -0.15) is 0 Å². The molecule has 0 unspecified atom stereocenters. The van der Waals surface area contributed by atoms with E-state index in [1.807, 2.05) is 24.3 Å².